The van der Waals surface area contributed by atoms with Crippen molar-refractivity contribution in [2.24, 2.45) is 0 Å². The lowest BCUT2D eigenvalue weighted by Gasteiger charge is -2.12. The molecule has 1 heterocycles. The Morgan fingerprint density at radius 3 is 2.74 bits per heavy atom. The number of hydrogen-bond donors (Lipinski definition) is 3. The second-order valence-electron chi connectivity index (χ2n) is 4.56. The minimum Gasteiger partial charge on any atom is -0.495 e. The van der Waals surface area contributed by atoms with Gasteiger partial charge >= 0.3 is 5.69 Å². The molecule has 0 radical (unpaired) electrons. The quantitative estimate of drug-likeness (QED) is 0.522. The standard InChI is InChI=1S/C14H17N5O4/c1-9-12(19(21)22)13(18-14(16-9)15-7-8-20)17-10-5-3-4-6-11(10)23-2/h3-6,20H,7-8H2,1-2H3,(H2,15,16,17,18). The first-order valence-corrected chi connectivity index (χ1v) is 6.84. The number of rotatable bonds is 7. The van der Waals surface area contributed by atoms with E-state index in [-0.39, 0.29) is 36.3 Å². The van der Waals surface area contributed by atoms with Crippen molar-refractivity contribution in [2.75, 3.05) is 30.9 Å². The molecule has 9 heteroatoms. The number of methoxy groups -OCH3 is 1. The van der Waals surface area contributed by atoms with Gasteiger partial charge in [-0.1, -0.05) is 12.1 Å². The Bertz CT molecular complexity index is 708. The van der Waals surface area contributed by atoms with Crippen LogP contribution < -0.4 is 15.4 Å². The highest BCUT2D eigenvalue weighted by Gasteiger charge is 2.23. The molecule has 0 saturated heterocycles. The van der Waals surface area contributed by atoms with Gasteiger partial charge in [-0.3, -0.25) is 10.1 Å². The van der Waals surface area contributed by atoms with E-state index in [1.807, 2.05) is 0 Å². The predicted octanol–water partition coefficient (Wildman–Crippen LogP) is 1.85. The summed E-state index contributed by atoms with van der Waals surface area (Å²) in [6, 6.07) is 7.02. The number of aliphatic hydroxyl groups is 1. The minimum absolute atomic E-state index is 0.0486. The first-order valence-electron chi connectivity index (χ1n) is 6.84. The molecule has 0 unspecified atom stereocenters. The number of hydrogen-bond acceptors (Lipinski definition) is 8. The smallest absolute Gasteiger partial charge is 0.332 e. The van der Waals surface area contributed by atoms with Gasteiger partial charge in [0.05, 0.1) is 24.3 Å². The zero-order valence-electron chi connectivity index (χ0n) is 12.7. The van der Waals surface area contributed by atoms with Crippen LogP contribution in [0.25, 0.3) is 0 Å². The normalized spacial score (nSPS) is 10.2. The highest BCUT2D eigenvalue weighted by Crippen LogP contribution is 2.32. The maximum absolute atomic E-state index is 11.3. The summed E-state index contributed by atoms with van der Waals surface area (Å²) >= 11 is 0. The van der Waals surface area contributed by atoms with Crippen molar-refractivity contribution < 1.29 is 14.8 Å². The van der Waals surface area contributed by atoms with Gasteiger partial charge in [0.1, 0.15) is 11.4 Å². The summed E-state index contributed by atoms with van der Waals surface area (Å²) in [6.45, 7) is 1.66. The first-order chi connectivity index (χ1) is 11.1. The van der Waals surface area contributed by atoms with Crippen LogP contribution in [0, 0.1) is 17.0 Å². The molecule has 1 aromatic carbocycles. The van der Waals surface area contributed by atoms with Crippen molar-refractivity contribution in [3.05, 3.63) is 40.1 Å². The highest BCUT2D eigenvalue weighted by molar-refractivity contribution is 5.71. The molecule has 9 nitrogen and oxygen atoms in total. The van der Waals surface area contributed by atoms with E-state index >= 15 is 0 Å². The number of para-hydroxylation sites is 2. The van der Waals surface area contributed by atoms with Crippen LogP contribution in [0.1, 0.15) is 5.69 Å². The predicted molar refractivity (Wildman–Crippen MR) is 85.3 cm³/mol. The van der Waals surface area contributed by atoms with Crippen molar-refractivity contribution in [1.29, 1.82) is 0 Å². The Morgan fingerprint density at radius 2 is 2.09 bits per heavy atom. The summed E-state index contributed by atoms with van der Waals surface area (Å²) in [4.78, 5) is 18.9. The average Bonchev–Trinajstić information content (AvgIpc) is 2.52. The SMILES string of the molecule is COc1ccccc1Nc1nc(NCCO)nc(C)c1[N+](=O)[O-]. The molecule has 0 aliphatic carbocycles. The van der Waals surface area contributed by atoms with Gasteiger partial charge in [-0.2, -0.15) is 4.98 Å². The highest BCUT2D eigenvalue weighted by atomic mass is 16.6. The van der Waals surface area contributed by atoms with Gasteiger partial charge in [-0.25, -0.2) is 4.98 Å². The molecule has 0 atom stereocenters. The third-order valence-electron chi connectivity index (χ3n) is 3.00. The van der Waals surface area contributed by atoms with E-state index < -0.39 is 4.92 Å². The second-order valence-corrected chi connectivity index (χ2v) is 4.56. The Kier molecular flexibility index (Phi) is 5.26. The number of benzene rings is 1. The maximum Gasteiger partial charge on any atom is 0.332 e. The van der Waals surface area contributed by atoms with Gasteiger partial charge < -0.3 is 20.5 Å². The van der Waals surface area contributed by atoms with Crippen molar-refractivity contribution in [3.8, 4) is 5.75 Å². The molecule has 0 spiro atoms. The van der Waals surface area contributed by atoms with Crippen molar-refractivity contribution >= 4 is 23.1 Å². The van der Waals surface area contributed by atoms with E-state index in [0.29, 0.717) is 11.4 Å². The Labute approximate surface area is 132 Å². The third-order valence-corrected chi connectivity index (χ3v) is 3.00. The van der Waals surface area contributed by atoms with Gasteiger partial charge in [0, 0.05) is 6.54 Å². The zero-order chi connectivity index (χ0) is 16.8. The number of nitrogens with zero attached hydrogens (tertiary/aromatic N) is 3. The number of aryl methyl sites for hydroxylation is 1. The molecule has 0 aliphatic rings. The molecule has 3 N–H and O–H groups in total. The van der Waals surface area contributed by atoms with Crippen LogP contribution in [0.2, 0.25) is 0 Å². The molecule has 0 amide bonds. The summed E-state index contributed by atoms with van der Waals surface area (Å²) in [5.74, 6) is 0.773. The van der Waals surface area contributed by atoms with E-state index in [1.165, 1.54) is 14.0 Å². The monoisotopic (exact) mass is 319 g/mol. The molecule has 2 rings (SSSR count). The first kappa shape index (κ1) is 16.4. The molecule has 0 fully saturated rings. The summed E-state index contributed by atoms with van der Waals surface area (Å²) in [6.07, 6.45) is 0. The topological polar surface area (TPSA) is 122 Å². The molecular weight excluding hydrogens is 302 g/mol. The minimum atomic E-state index is -0.539. The zero-order valence-corrected chi connectivity index (χ0v) is 12.7. The van der Waals surface area contributed by atoms with Crippen LogP contribution in [0.5, 0.6) is 5.75 Å². The van der Waals surface area contributed by atoms with E-state index in [0.717, 1.165) is 0 Å². The average molecular weight is 319 g/mol. The van der Waals surface area contributed by atoms with E-state index in [9.17, 15) is 10.1 Å². The fourth-order valence-electron chi connectivity index (χ4n) is 1.99. The molecule has 23 heavy (non-hydrogen) atoms. The summed E-state index contributed by atoms with van der Waals surface area (Å²) in [5, 5.41) is 25.9. The summed E-state index contributed by atoms with van der Waals surface area (Å²) in [5.41, 5.74) is 0.539. The fraction of sp³-hybridized carbons (Fsp3) is 0.286. The van der Waals surface area contributed by atoms with E-state index in [2.05, 4.69) is 20.6 Å². The van der Waals surface area contributed by atoms with E-state index in [1.54, 1.807) is 24.3 Å². The number of nitrogens with one attached hydrogen (secondary N) is 2. The number of aliphatic hydroxyl groups excluding tert-OH is 1. The second kappa shape index (κ2) is 7.36. The van der Waals surface area contributed by atoms with Crippen LogP contribution in [-0.4, -0.2) is 40.3 Å². The van der Waals surface area contributed by atoms with Crippen molar-refractivity contribution in [3.63, 3.8) is 0 Å². The molecule has 1 aromatic heterocycles. The van der Waals surface area contributed by atoms with Gasteiger partial charge in [0.2, 0.25) is 11.8 Å². The Balaban J connectivity index is 2.45. The number of anilines is 3. The van der Waals surface area contributed by atoms with E-state index in [4.69, 9.17) is 9.84 Å². The molecule has 0 saturated carbocycles. The Hall–Kier alpha value is -2.94. The lowest BCUT2D eigenvalue weighted by Crippen LogP contribution is -2.12. The van der Waals surface area contributed by atoms with Crippen LogP contribution in [0.4, 0.5) is 23.1 Å². The number of aromatic nitrogens is 2. The number of ether oxygens (including phenoxy) is 1. The van der Waals surface area contributed by atoms with Gasteiger partial charge in [-0.05, 0) is 19.1 Å². The van der Waals surface area contributed by atoms with Gasteiger partial charge in [0.25, 0.3) is 0 Å². The lowest BCUT2D eigenvalue weighted by molar-refractivity contribution is -0.385. The molecule has 0 aliphatic heterocycles. The van der Waals surface area contributed by atoms with Crippen LogP contribution in [0.15, 0.2) is 24.3 Å². The molecular formula is C14H17N5O4. The van der Waals surface area contributed by atoms with Gasteiger partial charge in [0.15, 0.2) is 0 Å². The molecule has 122 valence electrons. The van der Waals surface area contributed by atoms with Crippen molar-refractivity contribution in [2.45, 2.75) is 6.92 Å². The van der Waals surface area contributed by atoms with Gasteiger partial charge in [-0.15, -0.1) is 0 Å². The summed E-state index contributed by atoms with van der Waals surface area (Å²) in [7, 11) is 1.51. The fourth-order valence-corrected chi connectivity index (χ4v) is 1.99. The third kappa shape index (κ3) is 3.83. The van der Waals surface area contributed by atoms with Crippen LogP contribution >= 0.6 is 0 Å². The molecule has 2 aromatic rings. The van der Waals surface area contributed by atoms with Crippen LogP contribution in [-0.2, 0) is 0 Å². The number of nitro groups is 1. The lowest BCUT2D eigenvalue weighted by atomic mass is 10.2. The maximum atomic E-state index is 11.3. The Morgan fingerprint density at radius 1 is 1.35 bits per heavy atom. The van der Waals surface area contributed by atoms with Crippen LogP contribution in [0.3, 0.4) is 0 Å². The molecule has 0 bridgehead atoms. The largest absolute Gasteiger partial charge is 0.495 e. The summed E-state index contributed by atoms with van der Waals surface area (Å²) < 4.78 is 5.22. The van der Waals surface area contributed by atoms with Crippen molar-refractivity contribution in [1.82, 2.24) is 9.97 Å².